The Hall–Kier alpha value is -3.74. The molecule has 28 heavy (non-hydrogen) atoms. The van der Waals surface area contributed by atoms with E-state index >= 15 is 0 Å². The van der Waals surface area contributed by atoms with Crippen molar-refractivity contribution in [3.05, 3.63) is 84.2 Å². The van der Waals surface area contributed by atoms with Crippen LogP contribution in [0.1, 0.15) is 22.6 Å². The van der Waals surface area contributed by atoms with E-state index in [2.05, 4.69) is 15.3 Å². The summed E-state index contributed by atoms with van der Waals surface area (Å²) in [5, 5.41) is 2.78. The van der Waals surface area contributed by atoms with E-state index in [-0.39, 0.29) is 5.91 Å². The van der Waals surface area contributed by atoms with Gasteiger partial charge >= 0.3 is 0 Å². The maximum absolute atomic E-state index is 12.8. The van der Waals surface area contributed by atoms with Crippen molar-refractivity contribution in [2.45, 2.75) is 6.43 Å². The second kappa shape index (κ2) is 7.48. The number of alkyl halides is 2. The zero-order valence-corrected chi connectivity index (χ0v) is 14.5. The van der Waals surface area contributed by atoms with Gasteiger partial charge in [0.15, 0.2) is 5.82 Å². The molecule has 0 saturated carbocycles. The van der Waals surface area contributed by atoms with E-state index in [4.69, 9.17) is 4.74 Å². The van der Waals surface area contributed by atoms with Crippen LogP contribution < -0.4 is 10.1 Å². The molecule has 0 unspecified atom stereocenters. The van der Waals surface area contributed by atoms with Gasteiger partial charge in [-0.05, 0) is 42.5 Å². The van der Waals surface area contributed by atoms with Gasteiger partial charge in [-0.2, -0.15) is 0 Å². The van der Waals surface area contributed by atoms with Gasteiger partial charge in [0.1, 0.15) is 11.5 Å². The molecule has 4 rings (SSSR count). The first kappa shape index (κ1) is 17.7. The minimum absolute atomic E-state index is 0.325. The second-order valence-electron chi connectivity index (χ2n) is 6.05. The van der Waals surface area contributed by atoms with E-state index in [1.54, 1.807) is 24.3 Å². The summed E-state index contributed by atoms with van der Waals surface area (Å²) < 4.78 is 31.3. The molecule has 1 amide bonds. The largest absolute Gasteiger partial charge is 0.457 e. The van der Waals surface area contributed by atoms with E-state index in [1.807, 2.05) is 30.3 Å². The van der Waals surface area contributed by atoms with Crippen molar-refractivity contribution in [2.75, 3.05) is 5.32 Å². The monoisotopic (exact) mass is 379 g/mol. The Morgan fingerprint density at radius 3 is 2.54 bits per heavy atom. The van der Waals surface area contributed by atoms with E-state index < -0.39 is 12.2 Å². The van der Waals surface area contributed by atoms with E-state index in [9.17, 15) is 13.6 Å². The summed E-state index contributed by atoms with van der Waals surface area (Å²) in [5.74, 6) is 0.477. The fourth-order valence-electron chi connectivity index (χ4n) is 2.74. The number of ether oxygens (including phenoxy) is 1. The van der Waals surface area contributed by atoms with Crippen LogP contribution in [0.5, 0.6) is 11.5 Å². The number of aromatic nitrogens is 2. The molecule has 3 aromatic carbocycles. The average molecular weight is 379 g/mol. The lowest BCUT2D eigenvalue weighted by atomic mass is 10.2. The molecule has 0 spiro atoms. The SMILES string of the molecule is O=C(Nc1cccc(Oc2ccccc2)c1)c1ccc2nc(C(F)F)[nH]c2c1. The van der Waals surface area contributed by atoms with Gasteiger partial charge in [-0.15, -0.1) is 0 Å². The normalized spacial score (nSPS) is 11.0. The number of halogens is 2. The molecule has 1 aromatic heterocycles. The highest BCUT2D eigenvalue weighted by molar-refractivity contribution is 6.06. The van der Waals surface area contributed by atoms with Crippen LogP contribution >= 0.6 is 0 Å². The van der Waals surface area contributed by atoms with E-state index in [0.29, 0.717) is 33.8 Å². The van der Waals surface area contributed by atoms with Gasteiger partial charge in [0.2, 0.25) is 0 Å². The van der Waals surface area contributed by atoms with Crippen molar-refractivity contribution < 1.29 is 18.3 Å². The summed E-state index contributed by atoms with van der Waals surface area (Å²) in [7, 11) is 0. The molecule has 0 fully saturated rings. The molecule has 0 saturated heterocycles. The maximum Gasteiger partial charge on any atom is 0.295 e. The number of benzene rings is 3. The quantitative estimate of drug-likeness (QED) is 0.478. The highest BCUT2D eigenvalue weighted by Crippen LogP contribution is 2.25. The van der Waals surface area contributed by atoms with Crippen LogP contribution in [0.25, 0.3) is 11.0 Å². The number of imidazole rings is 1. The predicted octanol–water partition coefficient (Wildman–Crippen LogP) is 5.55. The zero-order chi connectivity index (χ0) is 19.5. The van der Waals surface area contributed by atoms with Crippen LogP contribution in [0.4, 0.5) is 14.5 Å². The third-order valence-corrected chi connectivity index (χ3v) is 4.04. The Labute approximate surface area is 159 Å². The molecular formula is C21H15F2N3O2. The van der Waals surface area contributed by atoms with Crippen molar-refractivity contribution in [3.63, 3.8) is 0 Å². The molecule has 1 heterocycles. The number of nitrogens with zero attached hydrogens (tertiary/aromatic N) is 1. The third-order valence-electron chi connectivity index (χ3n) is 4.04. The second-order valence-corrected chi connectivity index (χ2v) is 6.05. The Kier molecular flexibility index (Phi) is 4.72. The summed E-state index contributed by atoms with van der Waals surface area (Å²) in [4.78, 5) is 18.9. The number of rotatable bonds is 5. The number of anilines is 1. The maximum atomic E-state index is 12.8. The summed E-state index contributed by atoms with van der Waals surface area (Å²) in [6.07, 6.45) is -2.70. The number of hydrogen-bond donors (Lipinski definition) is 2. The van der Waals surface area contributed by atoms with Crippen LogP contribution in [0.2, 0.25) is 0 Å². The Morgan fingerprint density at radius 2 is 1.75 bits per heavy atom. The molecule has 0 aliphatic heterocycles. The summed E-state index contributed by atoms with van der Waals surface area (Å²) >= 11 is 0. The molecule has 140 valence electrons. The lowest BCUT2D eigenvalue weighted by molar-refractivity contribution is 0.102. The number of fused-ring (bicyclic) bond motifs is 1. The Bertz CT molecular complexity index is 1130. The molecule has 0 bridgehead atoms. The first-order valence-electron chi connectivity index (χ1n) is 8.50. The van der Waals surface area contributed by atoms with Gasteiger partial charge < -0.3 is 15.0 Å². The van der Waals surface area contributed by atoms with E-state index in [1.165, 1.54) is 18.2 Å². The number of para-hydroxylation sites is 1. The van der Waals surface area contributed by atoms with Crippen LogP contribution in [0, 0.1) is 0 Å². The minimum atomic E-state index is -2.70. The highest BCUT2D eigenvalue weighted by atomic mass is 19.3. The third kappa shape index (κ3) is 3.83. The fourth-order valence-corrected chi connectivity index (χ4v) is 2.74. The van der Waals surface area contributed by atoms with Crippen molar-refractivity contribution in [3.8, 4) is 11.5 Å². The summed E-state index contributed by atoms with van der Waals surface area (Å²) in [5.41, 5.74) is 1.64. The number of carbonyl (C=O) groups excluding carboxylic acids is 1. The number of aromatic amines is 1. The zero-order valence-electron chi connectivity index (χ0n) is 14.5. The minimum Gasteiger partial charge on any atom is -0.457 e. The highest BCUT2D eigenvalue weighted by Gasteiger charge is 2.14. The molecular weight excluding hydrogens is 364 g/mol. The lowest BCUT2D eigenvalue weighted by Crippen LogP contribution is -2.11. The van der Waals surface area contributed by atoms with Gasteiger partial charge in [0, 0.05) is 17.3 Å². The fraction of sp³-hybridized carbons (Fsp3) is 0.0476. The molecule has 0 aliphatic carbocycles. The molecule has 2 N–H and O–H groups in total. The topological polar surface area (TPSA) is 67.0 Å². The van der Waals surface area contributed by atoms with Gasteiger partial charge in [0.25, 0.3) is 12.3 Å². The van der Waals surface area contributed by atoms with E-state index in [0.717, 1.165) is 0 Å². The van der Waals surface area contributed by atoms with Gasteiger partial charge in [-0.25, -0.2) is 13.8 Å². The van der Waals surface area contributed by atoms with Gasteiger partial charge in [0.05, 0.1) is 11.0 Å². The van der Waals surface area contributed by atoms with Gasteiger partial charge in [-0.1, -0.05) is 24.3 Å². The lowest BCUT2D eigenvalue weighted by Gasteiger charge is -2.09. The predicted molar refractivity (Wildman–Crippen MR) is 102 cm³/mol. The van der Waals surface area contributed by atoms with Crippen molar-refractivity contribution in [2.24, 2.45) is 0 Å². The van der Waals surface area contributed by atoms with Gasteiger partial charge in [-0.3, -0.25) is 4.79 Å². The summed E-state index contributed by atoms with van der Waals surface area (Å²) in [6, 6.07) is 20.8. The Morgan fingerprint density at radius 1 is 0.964 bits per heavy atom. The molecule has 7 heteroatoms. The first-order chi connectivity index (χ1) is 13.6. The molecule has 0 radical (unpaired) electrons. The molecule has 5 nitrogen and oxygen atoms in total. The smallest absolute Gasteiger partial charge is 0.295 e. The van der Waals surface area contributed by atoms with Crippen LogP contribution in [0.15, 0.2) is 72.8 Å². The molecule has 4 aromatic rings. The number of H-pyrrole nitrogens is 1. The van der Waals surface area contributed by atoms with Crippen LogP contribution in [-0.2, 0) is 0 Å². The van der Waals surface area contributed by atoms with Crippen LogP contribution in [-0.4, -0.2) is 15.9 Å². The number of amides is 1. The molecule has 0 aliphatic rings. The van der Waals surface area contributed by atoms with Crippen LogP contribution in [0.3, 0.4) is 0 Å². The average Bonchev–Trinajstić information content (AvgIpc) is 3.13. The number of hydrogen-bond acceptors (Lipinski definition) is 3. The Balaban J connectivity index is 1.51. The van der Waals surface area contributed by atoms with Crippen molar-refractivity contribution >= 4 is 22.6 Å². The number of carbonyl (C=O) groups is 1. The number of nitrogens with one attached hydrogen (secondary N) is 2. The van der Waals surface area contributed by atoms with Crippen molar-refractivity contribution in [1.29, 1.82) is 0 Å². The first-order valence-corrected chi connectivity index (χ1v) is 8.50. The standard InChI is InChI=1S/C21H15F2N3O2/c22-19(23)20-25-17-10-9-13(11-18(17)26-20)21(27)24-14-5-4-8-16(12-14)28-15-6-2-1-3-7-15/h1-12,19H,(H,24,27)(H,25,26). The molecule has 0 atom stereocenters. The summed E-state index contributed by atoms with van der Waals surface area (Å²) in [6.45, 7) is 0. The van der Waals surface area contributed by atoms with Crippen molar-refractivity contribution in [1.82, 2.24) is 9.97 Å².